The molecule has 2 aromatic heterocycles. The fourth-order valence-electron chi connectivity index (χ4n) is 4.31. The number of nitrogens with one attached hydrogen (secondary N) is 1. The van der Waals surface area contributed by atoms with E-state index in [2.05, 4.69) is 5.32 Å². The molecule has 2 heterocycles. The largest absolute Gasteiger partial charge is 0.441 e. The predicted octanol–water partition coefficient (Wildman–Crippen LogP) is 8.21. The summed E-state index contributed by atoms with van der Waals surface area (Å²) in [7, 11) is 0. The minimum Gasteiger partial charge on any atom is -0.441 e. The van der Waals surface area contributed by atoms with Crippen molar-refractivity contribution in [3.05, 3.63) is 87.7 Å². The molecule has 0 radical (unpaired) electrons. The summed E-state index contributed by atoms with van der Waals surface area (Å²) < 4.78 is 19.6. The molecule has 1 atom stereocenters. The van der Waals surface area contributed by atoms with Crippen LogP contribution in [0.1, 0.15) is 43.2 Å². The molecule has 1 amide bonds. The average molecular weight is 506 g/mol. The van der Waals surface area contributed by atoms with Crippen molar-refractivity contribution in [3.8, 4) is 21.6 Å². The number of halogens is 1. The molecule has 35 heavy (non-hydrogen) atoms. The molecule has 178 valence electrons. The Balaban J connectivity index is 1.31. The van der Waals surface area contributed by atoms with Crippen LogP contribution in [0.25, 0.3) is 21.6 Å². The number of rotatable bonds is 7. The van der Waals surface area contributed by atoms with Gasteiger partial charge in [-0.2, -0.15) is 4.39 Å². The van der Waals surface area contributed by atoms with Crippen LogP contribution in [-0.2, 0) is 14.9 Å². The van der Waals surface area contributed by atoms with E-state index in [0.29, 0.717) is 10.6 Å². The highest BCUT2D eigenvalue weighted by molar-refractivity contribution is 7.14. The van der Waals surface area contributed by atoms with E-state index in [4.69, 9.17) is 4.74 Å². The van der Waals surface area contributed by atoms with E-state index in [1.807, 2.05) is 66.0 Å². The third-order valence-corrected chi connectivity index (χ3v) is 8.51. The number of amides is 1. The number of hydrogen-bond acceptors (Lipinski definition) is 5. The van der Waals surface area contributed by atoms with Crippen LogP contribution in [0.15, 0.2) is 72.1 Å². The fraction of sp³-hybridized carbons (Fsp3) is 0.214. The summed E-state index contributed by atoms with van der Waals surface area (Å²) in [6.07, 6.45) is 0.827. The zero-order valence-electron chi connectivity index (χ0n) is 19.3. The summed E-state index contributed by atoms with van der Waals surface area (Å²) in [4.78, 5) is 26.0. The van der Waals surface area contributed by atoms with Gasteiger partial charge in [-0.25, -0.2) is 4.79 Å². The number of carbonyl (C=O) groups excluding carboxylic acids is 2. The van der Waals surface area contributed by atoms with Crippen LogP contribution in [0.5, 0.6) is 0 Å². The first kappa shape index (κ1) is 23.5. The van der Waals surface area contributed by atoms with E-state index < -0.39 is 12.2 Å². The summed E-state index contributed by atoms with van der Waals surface area (Å²) in [6, 6.07) is 21.0. The maximum atomic E-state index is 14.2. The highest BCUT2D eigenvalue weighted by Gasteiger charge is 2.48. The Hall–Kier alpha value is -3.29. The van der Waals surface area contributed by atoms with Crippen LogP contribution in [0, 0.1) is 5.13 Å². The Kier molecular flexibility index (Phi) is 6.30. The second-order valence-electron chi connectivity index (χ2n) is 8.77. The van der Waals surface area contributed by atoms with E-state index in [-0.39, 0.29) is 16.3 Å². The van der Waals surface area contributed by atoms with Crippen molar-refractivity contribution in [3.63, 3.8) is 0 Å². The number of thiophene rings is 2. The van der Waals surface area contributed by atoms with Gasteiger partial charge in [0.25, 0.3) is 0 Å². The van der Waals surface area contributed by atoms with Gasteiger partial charge in [0.1, 0.15) is 11.9 Å². The molecule has 5 rings (SSSR count). The van der Waals surface area contributed by atoms with Gasteiger partial charge < -0.3 is 4.74 Å². The van der Waals surface area contributed by atoms with E-state index >= 15 is 0 Å². The molecule has 0 unspecified atom stereocenters. The van der Waals surface area contributed by atoms with Gasteiger partial charge in [0, 0.05) is 10.9 Å². The molecule has 2 aromatic carbocycles. The molecule has 0 aliphatic heterocycles. The molecule has 1 fully saturated rings. The Morgan fingerprint density at radius 2 is 1.63 bits per heavy atom. The number of carbonyl (C=O) groups is 2. The normalized spacial score (nSPS) is 14.8. The van der Waals surface area contributed by atoms with Gasteiger partial charge >= 0.3 is 6.09 Å². The van der Waals surface area contributed by atoms with Gasteiger partial charge in [-0.05, 0) is 60.4 Å². The smallest absolute Gasteiger partial charge is 0.412 e. The predicted molar refractivity (Wildman–Crippen MR) is 140 cm³/mol. The van der Waals surface area contributed by atoms with Crippen molar-refractivity contribution in [2.24, 2.45) is 0 Å². The summed E-state index contributed by atoms with van der Waals surface area (Å²) in [5.41, 5.74) is 4.04. The van der Waals surface area contributed by atoms with Gasteiger partial charge in [0.05, 0.1) is 16.0 Å². The number of Topliss-reactive ketones (excluding diaryl/α,β-unsaturated/α-hetero) is 1. The maximum absolute atomic E-state index is 14.2. The van der Waals surface area contributed by atoms with E-state index in [9.17, 15) is 14.0 Å². The van der Waals surface area contributed by atoms with Crippen LogP contribution in [-0.4, -0.2) is 11.9 Å². The van der Waals surface area contributed by atoms with Crippen molar-refractivity contribution in [2.45, 2.75) is 38.2 Å². The SMILES string of the molecule is CC(=O)C1(c2ccc(-c3ccc(-c4sc(F)cc4NC(=O)O[C@H](C)c4cccs4)cc3)cc2)CC1. The lowest BCUT2D eigenvalue weighted by Crippen LogP contribution is -2.16. The molecule has 1 N–H and O–H groups in total. The molecule has 0 saturated heterocycles. The zero-order chi connectivity index (χ0) is 24.6. The molecular formula is C28H24FNO3S2. The first-order valence-electron chi connectivity index (χ1n) is 11.4. The van der Waals surface area contributed by atoms with Crippen molar-refractivity contribution >= 4 is 40.2 Å². The van der Waals surface area contributed by atoms with Crippen molar-refractivity contribution in [1.29, 1.82) is 0 Å². The summed E-state index contributed by atoms with van der Waals surface area (Å²) in [5.74, 6) is 0.229. The number of ether oxygens (including phenoxy) is 1. The third-order valence-electron chi connectivity index (χ3n) is 6.51. The molecule has 4 nitrogen and oxygen atoms in total. The molecule has 1 aliphatic carbocycles. The van der Waals surface area contributed by atoms with Crippen LogP contribution >= 0.6 is 22.7 Å². The second kappa shape index (κ2) is 9.40. The third kappa shape index (κ3) is 4.79. The topological polar surface area (TPSA) is 55.4 Å². The fourth-order valence-corrected chi connectivity index (χ4v) is 5.87. The summed E-state index contributed by atoms with van der Waals surface area (Å²) >= 11 is 2.49. The van der Waals surface area contributed by atoms with Crippen LogP contribution in [0.4, 0.5) is 14.9 Å². The highest BCUT2D eigenvalue weighted by Crippen LogP contribution is 2.49. The van der Waals surface area contributed by atoms with E-state index in [1.165, 1.54) is 17.4 Å². The summed E-state index contributed by atoms with van der Waals surface area (Å²) in [6.45, 7) is 3.47. The number of anilines is 1. The Morgan fingerprint density at radius 3 is 2.20 bits per heavy atom. The molecule has 7 heteroatoms. The number of benzene rings is 2. The summed E-state index contributed by atoms with van der Waals surface area (Å²) in [5, 5.41) is 4.23. The average Bonchev–Trinajstić information content (AvgIpc) is 3.32. The first-order chi connectivity index (χ1) is 16.9. The minimum absolute atomic E-state index is 0.229. The van der Waals surface area contributed by atoms with E-state index in [1.54, 1.807) is 13.8 Å². The lowest BCUT2D eigenvalue weighted by Gasteiger charge is -2.13. The van der Waals surface area contributed by atoms with Crippen molar-refractivity contribution in [2.75, 3.05) is 5.32 Å². The van der Waals surface area contributed by atoms with Crippen molar-refractivity contribution in [1.82, 2.24) is 0 Å². The Morgan fingerprint density at radius 1 is 1.00 bits per heavy atom. The van der Waals surface area contributed by atoms with Gasteiger partial charge in [0.2, 0.25) is 0 Å². The minimum atomic E-state index is -0.624. The molecule has 0 spiro atoms. The van der Waals surface area contributed by atoms with Gasteiger partial charge in [-0.1, -0.05) is 54.6 Å². The molecule has 1 saturated carbocycles. The van der Waals surface area contributed by atoms with Crippen molar-refractivity contribution < 1.29 is 18.7 Å². The standard InChI is InChI=1S/C28H24FNO3S2/c1-17(24-4-3-15-34-24)33-27(32)30-23-16-25(29)35-26(23)21-7-5-19(6-8-21)20-9-11-22(12-10-20)28(13-14-28)18(2)31/h3-12,15-17H,13-14H2,1-2H3,(H,30,32)/t17-/m1/s1. The molecule has 4 aromatic rings. The maximum Gasteiger partial charge on any atom is 0.412 e. The van der Waals surface area contributed by atoms with Gasteiger partial charge in [-0.3, -0.25) is 10.1 Å². The Labute approximate surface area is 211 Å². The first-order valence-corrected chi connectivity index (χ1v) is 13.1. The lowest BCUT2D eigenvalue weighted by atomic mass is 9.90. The number of hydrogen-bond donors (Lipinski definition) is 1. The van der Waals surface area contributed by atoms with Gasteiger partial charge in [0.15, 0.2) is 5.13 Å². The second-order valence-corrected chi connectivity index (χ2v) is 10.8. The molecule has 1 aliphatic rings. The molecular weight excluding hydrogens is 481 g/mol. The van der Waals surface area contributed by atoms with E-state index in [0.717, 1.165) is 51.3 Å². The van der Waals surface area contributed by atoms with Crippen LogP contribution < -0.4 is 5.32 Å². The number of ketones is 1. The van der Waals surface area contributed by atoms with Gasteiger partial charge in [-0.15, -0.1) is 22.7 Å². The van der Waals surface area contributed by atoms with Crippen LogP contribution in [0.2, 0.25) is 0 Å². The molecule has 0 bridgehead atoms. The van der Waals surface area contributed by atoms with Crippen LogP contribution in [0.3, 0.4) is 0 Å². The zero-order valence-corrected chi connectivity index (χ0v) is 21.0. The lowest BCUT2D eigenvalue weighted by molar-refractivity contribution is -0.119. The Bertz CT molecular complexity index is 1350. The highest BCUT2D eigenvalue weighted by atomic mass is 32.1. The monoisotopic (exact) mass is 505 g/mol. The quantitative estimate of drug-likeness (QED) is 0.275.